The van der Waals surface area contributed by atoms with Gasteiger partial charge in [0.05, 0.1) is 10.0 Å². The number of benzene rings is 1. The molecule has 0 bridgehead atoms. The maximum Gasteiger partial charge on any atom is 0.160 e. The molecule has 0 aromatic heterocycles. The fourth-order valence-corrected chi connectivity index (χ4v) is 2.65. The van der Waals surface area contributed by atoms with Gasteiger partial charge in [-0.25, -0.2) is 4.39 Å². The van der Waals surface area contributed by atoms with Crippen LogP contribution in [-0.2, 0) is 0 Å². The van der Waals surface area contributed by atoms with Crippen LogP contribution in [0, 0.1) is 5.82 Å². The Morgan fingerprint density at radius 1 is 1.35 bits per heavy atom. The summed E-state index contributed by atoms with van der Waals surface area (Å²) in [4.78, 5) is 2.18. The smallest absolute Gasteiger partial charge is 0.160 e. The molecule has 2 rings (SSSR count). The average Bonchev–Trinajstić information content (AvgIpc) is 2.35. The third-order valence-electron chi connectivity index (χ3n) is 3.16. The van der Waals surface area contributed by atoms with E-state index in [1.807, 2.05) is 7.05 Å². The first-order valence-electron chi connectivity index (χ1n) is 5.68. The summed E-state index contributed by atoms with van der Waals surface area (Å²) in [6, 6.07) is 3.74. The number of halogens is 3. The van der Waals surface area contributed by atoms with Gasteiger partial charge in [0, 0.05) is 24.8 Å². The molecule has 0 radical (unpaired) electrons. The van der Waals surface area contributed by atoms with Gasteiger partial charge in [-0.1, -0.05) is 23.2 Å². The Labute approximate surface area is 111 Å². The number of rotatable bonds is 2. The number of piperidine rings is 1. The predicted molar refractivity (Wildman–Crippen MR) is 70.7 cm³/mol. The van der Waals surface area contributed by atoms with Gasteiger partial charge in [-0.3, -0.25) is 0 Å². The number of nitrogens with zero attached hydrogens (tertiary/aromatic N) is 1. The van der Waals surface area contributed by atoms with E-state index in [4.69, 9.17) is 23.2 Å². The molecule has 1 aliphatic rings. The number of nitrogens with one attached hydrogen (secondary N) is 1. The van der Waals surface area contributed by atoms with Crippen molar-refractivity contribution in [3.8, 4) is 0 Å². The van der Waals surface area contributed by atoms with E-state index in [0.29, 0.717) is 6.04 Å². The van der Waals surface area contributed by atoms with Crippen LogP contribution in [0.3, 0.4) is 0 Å². The van der Waals surface area contributed by atoms with Gasteiger partial charge in [0.2, 0.25) is 0 Å². The van der Waals surface area contributed by atoms with Gasteiger partial charge in [0.1, 0.15) is 0 Å². The lowest BCUT2D eigenvalue weighted by Crippen LogP contribution is -2.44. The van der Waals surface area contributed by atoms with E-state index in [1.54, 1.807) is 12.1 Å². The van der Waals surface area contributed by atoms with Crippen molar-refractivity contribution in [2.75, 3.05) is 25.0 Å². The Morgan fingerprint density at radius 2 is 2.00 bits per heavy atom. The second-order valence-corrected chi connectivity index (χ2v) is 5.11. The predicted octanol–water partition coefficient (Wildman–Crippen LogP) is 3.32. The van der Waals surface area contributed by atoms with E-state index in [-0.39, 0.29) is 10.0 Å². The summed E-state index contributed by atoms with van der Waals surface area (Å²) in [6.07, 6.45) is 2.27. The number of hydrogen-bond acceptors (Lipinski definition) is 2. The molecular weight excluding hydrogens is 262 g/mol. The first kappa shape index (κ1) is 12.9. The lowest BCUT2D eigenvalue weighted by Gasteiger charge is -2.34. The molecule has 1 aliphatic heterocycles. The van der Waals surface area contributed by atoms with E-state index >= 15 is 0 Å². The van der Waals surface area contributed by atoms with Crippen molar-refractivity contribution in [2.24, 2.45) is 0 Å². The van der Waals surface area contributed by atoms with Crippen LogP contribution in [0.15, 0.2) is 12.1 Å². The standard InChI is InChI=1S/C12H15Cl2FN2/c1-16-8-3-2-4-17(7-8)9-5-10(13)12(15)11(14)6-9/h5-6,8,16H,2-4,7H2,1H3. The van der Waals surface area contributed by atoms with Gasteiger partial charge in [-0.15, -0.1) is 0 Å². The minimum absolute atomic E-state index is 0.0825. The number of likely N-dealkylation sites (N-methyl/N-ethyl adjacent to an activating group) is 1. The Morgan fingerprint density at radius 3 is 2.59 bits per heavy atom. The molecule has 1 saturated heterocycles. The minimum atomic E-state index is -0.542. The zero-order chi connectivity index (χ0) is 12.4. The van der Waals surface area contributed by atoms with Gasteiger partial charge >= 0.3 is 0 Å². The molecule has 1 unspecified atom stereocenters. The Kier molecular flexibility index (Phi) is 4.13. The first-order valence-corrected chi connectivity index (χ1v) is 6.44. The summed E-state index contributed by atoms with van der Waals surface area (Å²) < 4.78 is 13.3. The Balaban J connectivity index is 2.22. The largest absolute Gasteiger partial charge is 0.370 e. The second-order valence-electron chi connectivity index (χ2n) is 4.30. The van der Waals surface area contributed by atoms with Crippen molar-refractivity contribution in [3.63, 3.8) is 0 Å². The first-order chi connectivity index (χ1) is 8.11. The maximum absolute atomic E-state index is 13.3. The molecule has 0 saturated carbocycles. The lowest BCUT2D eigenvalue weighted by molar-refractivity contribution is 0.449. The molecule has 17 heavy (non-hydrogen) atoms. The van der Waals surface area contributed by atoms with Crippen LogP contribution in [0.25, 0.3) is 0 Å². The van der Waals surface area contributed by atoms with Crippen LogP contribution in [0.1, 0.15) is 12.8 Å². The topological polar surface area (TPSA) is 15.3 Å². The van der Waals surface area contributed by atoms with Gasteiger partial charge in [0.25, 0.3) is 0 Å². The SMILES string of the molecule is CNC1CCCN(c2cc(Cl)c(F)c(Cl)c2)C1. The molecule has 1 fully saturated rings. The second kappa shape index (κ2) is 5.42. The van der Waals surface area contributed by atoms with Gasteiger partial charge in [-0.05, 0) is 32.0 Å². The van der Waals surface area contributed by atoms with Crippen molar-refractivity contribution in [3.05, 3.63) is 28.0 Å². The highest BCUT2D eigenvalue weighted by atomic mass is 35.5. The molecule has 0 spiro atoms. The third-order valence-corrected chi connectivity index (χ3v) is 3.71. The van der Waals surface area contributed by atoms with Crippen LogP contribution in [0.2, 0.25) is 10.0 Å². The van der Waals surface area contributed by atoms with Crippen LogP contribution in [-0.4, -0.2) is 26.2 Å². The average molecular weight is 277 g/mol. The highest BCUT2D eigenvalue weighted by molar-refractivity contribution is 6.35. The number of anilines is 1. The summed E-state index contributed by atoms with van der Waals surface area (Å²) >= 11 is 11.6. The van der Waals surface area contributed by atoms with Crippen LogP contribution < -0.4 is 10.2 Å². The maximum atomic E-state index is 13.3. The fraction of sp³-hybridized carbons (Fsp3) is 0.500. The summed E-state index contributed by atoms with van der Waals surface area (Å²) in [5, 5.41) is 3.43. The van der Waals surface area contributed by atoms with E-state index in [0.717, 1.165) is 31.6 Å². The van der Waals surface area contributed by atoms with Crippen molar-refractivity contribution >= 4 is 28.9 Å². The lowest BCUT2D eigenvalue weighted by atomic mass is 10.1. The molecule has 94 valence electrons. The molecule has 1 heterocycles. The van der Waals surface area contributed by atoms with E-state index in [2.05, 4.69) is 10.2 Å². The van der Waals surface area contributed by atoms with Crippen molar-refractivity contribution in [1.29, 1.82) is 0 Å². The van der Waals surface area contributed by atoms with Gasteiger partial charge in [-0.2, -0.15) is 0 Å². The van der Waals surface area contributed by atoms with Crippen molar-refractivity contribution in [2.45, 2.75) is 18.9 Å². The van der Waals surface area contributed by atoms with E-state index in [9.17, 15) is 4.39 Å². The molecule has 0 amide bonds. The third kappa shape index (κ3) is 2.84. The fourth-order valence-electron chi connectivity index (χ4n) is 2.17. The van der Waals surface area contributed by atoms with Crippen LogP contribution >= 0.6 is 23.2 Å². The minimum Gasteiger partial charge on any atom is -0.370 e. The number of hydrogen-bond donors (Lipinski definition) is 1. The van der Waals surface area contributed by atoms with Gasteiger partial charge in [0.15, 0.2) is 5.82 Å². The highest BCUT2D eigenvalue weighted by Gasteiger charge is 2.20. The Hall–Kier alpha value is -0.510. The monoisotopic (exact) mass is 276 g/mol. The molecule has 1 atom stereocenters. The van der Waals surface area contributed by atoms with E-state index < -0.39 is 5.82 Å². The van der Waals surface area contributed by atoms with Crippen LogP contribution in [0.5, 0.6) is 0 Å². The summed E-state index contributed by atoms with van der Waals surface area (Å²) in [5.41, 5.74) is 0.890. The zero-order valence-corrected chi connectivity index (χ0v) is 11.2. The zero-order valence-electron chi connectivity index (χ0n) is 9.64. The van der Waals surface area contributed by atoms with Gasteiger partial charge < -0.3 is 10.2 Å². The van der Waals surface area contributed by atoms with E-state index in [1.165, 1.54) is 0 Å². The molecule has 1 N–H and O–H groups in total. The normalized spacial score (nSPS) is 20.7. The molecule has 1 aromatic rings. The van der Waals surface area contributed by atoms with Crippen LogP contribution in [0.4, 0.5) is 10.1 Å². The van der Waals surface area contributed by atoms with Crippen molar-refractivity contribution in [1.82, 2.24) is 5.32 Å². The quantitative estimate of drug-likeness (QED) is 0.834. The molecular formula is C12H15Cl2FN2. The highest BCUT2D eigenvalue weighted by Crippen LogP contribution is 2.30. The summed E-state index contributed by atoms with van der Waals surface area (Å²) in [7, 11) is 1.96. The molecule has 0 aliphatic carbocycles. The molecule has 2 nitrogen and oxygen atoms in total. The molecule has 5 heteroatoms. The summed E-state index contributed by atoms with van der Waals surface area (Å²) in [6.45, 7) is 1.85. The Bertz CT molecular complexity index is 388. The summed E-state index contributed by atoms with van der Waals surface area (Å²) in [5.74, 6) is -0.542. The van der Waals surface area contributed by atoms with Crippen molar-refractivity contribution < 1.29 is 4.39 Å². The molecule has 1 aromatic carbocycles.